The van der Waals surface area contributed by atoms with E-state index in [9.17, 15) is 0 Å². The number of hydrogen-bond donors (Lipinski definition) is 0. The summed E-state index contributed by atoms with van der Waals surface area (Å²) in [4.78, 5) is 0. The van der Waals surface area contributed by atoms with Gasteiger partial charge in [0.1, 0.15) is 0 Å². The molecule has 32 heavy (non-hydrogen) atoms. The molecule has 0 saturated heterocycles. The van der Waals surface area contributed by atoms with Crippen LogP contribution in [0.4, 0.5) is 0 Å². The molecular weight excluding hydrogens is 411 g/mol. The number of hydrogen-bond acceptors (Lipinski definition) is 0. The van der Waals surface area contributed by atoms with E-state index in [1.165, 1.54) is 38.6 Å². The fourth-order valence-electron chi connectivity index (χ4n) is 5.57. The van der Waals surface area contributed by atoms with Crippen LogP contribution in [-0.4, -0.2) is 0 Å². The Morgan fingerprint density at radius 2 is 0.969 bits per heavy atom. The molecule has 0 saturated carbocycles. The van der Waals surface area contributed by atoms with E-state index in [1.807, 2.05) is 0 Å². The molecule has 1 atom stereocenters. The van der Waals surface area contributed by atoms with E-state index in [0.29, 0.717) is 0 Å². The topological polar surface area (TPSA) is 0 Å². The molecule has 0 fully saturated rings. The van der Waals surface area contributed by atoms with Crippen molar-refractivity contribution in [1.29, 1.82) is 0 Å². The Kier molecular flexibility index (Phi) is 6.11. The van der Waals surface area contributed by atoms with Crippen molar-refractivity contribution in [3.8, 4) is 0 Å². The first-order valence-electron chi connectivity index (χ1n) is 10.9. The molecule has 5 aromatic rings. The number of rotatable bonds is 4. The van der Waals surface area contributed by atoms with E-state index in [0.717, 1.165) is 0 Å². The second-order valence-electron chi connectivity index (χ2n) is 8.34. The summed E-state index contributed by atoms with van der Waals surface area (Å²) in [6.45, 7) is 0. The van der Waals surface area contributed by atoms with Gasteiger partial charge in [-0.3, -0.25) is 0 Å². The van der Waals surface area contributed by atoms with E-state index in [4.69, 9.17) is 0 Å². The van der Waals surface area contributed by atoms with Gasteiger partial charge in [-0.25, -0.2) is 0 Å². The maximum atomic E-state index is 2.49. The first-order chi connectivity index (χ1) is 15.4. The molecule has 0 aromatic heterocycles. The van der Waals surface area contributed by atoms with E-state index >= 15 is 0 Å². The quantitative estimate of drug-likeness (QED) is 0.222. The molecular formula is C31H23K. The normalized spacial score (nSPS) is 14.6. The monoisotopic (exact) mass is 434 g/mol. The van der Waals surface area contributed by atoms with Gasteiger partial charge in [-0.1, -0.05) is 126 Å². The Balaban J connectivity index is 0.00000216. The summed E-state index contributed by atoms with van der Waals surface area (Å²) in [5.74, 6) is 0.195. The van der Waals surface area contributed by atoms with Gasteiger partial charge in [0.25, 0.3) is 0 Å². The van der Waals surface area contributed by atoms with Crippen molar-refractivity contribution in [2.75, 3.05) is 0 Å². The molecule has 0 amide bonds. The van der Waals surface area contributed by atoms with Crippen LogP contribution in [0.2, 0.25) is 0 Å². The summed E-state index contributed by atoms with van der Waals surface area (Å²) in [6.07, 6.45) is 2.49. The van der Waals surface area contributed by atoms with Gasteiger partial charge in [0.05, 0.1) is 0 Å². The molecule has 148 valence electrons. The van der Waals surface area contributed by atoms with Gasteiger partial charge in [0.2, 0.25) is 0 Å². The number of benzene rings is 5. The molecule has 1 heteroatoms. The third kappa shape index (κ3) is 3.32. The van der Waals surface area contributed by atoms with Crippen molar-refractivity contribution in [2.24, 2.45) is 0 Å². The van der Waals surface area contributed by atoms with Crippen LogP contribution in [-0.2, 0) is 5.41 Å². The molecule has 1 aliphatic carbocycles. The zero-order valence-electron chi connectivity index (χ0n) is 18.3. The van der Waals surface area contributed by atoms with Crippen molar-refractivity contribution in [3.05, 3.63) is 162 Å². The van der Waals surface area contributed by atoms with Crippen molar-refractivity contribution < 1.29 is 51.4 Å². The fraction of sp³-hybridized carbons (Fsp3) is 0.0645. The summed E-state index contributed by atoms with van der Waals surface area (Å²) in [6, 6.07) is 46.5. The van der Waals surface area contributed by atoms with Crippen molar-refractivity contribution >= 4 is 10.8 Å². The van der Waals surface area contributed by atoms with E-state index in [2.05, 4.69) is 134 Å². The molecule has 0 bridgehead atoms. The van der Waals surface area contributed by atoms with Gasteiger partial charge in [-0.2, -0.15) is 18.1 Å². The van der Waals surface area contributed by atoms with Gasteiger partial charge in [-0.05, 0) is 22.6 Å². The molecule has 1 unspecified atom stereocenters. The van der Waals surface area contributed by atoms with E-state index in [-0.39, 0.29) is 62.7 Å². The second kappa shape index (κ2) is 9.01. The van der Waals surface area contributed by atoms with Crippen LogP contribution < -0.4 is 51.4 Å². The Labute approximate surface area is 232 Å². The van der Waals surface area contributed by atoms with Crippen LogP contribution in [0.5, 0.6) is 0 Å². The molecule has 0 aliphatic heterocycles. The molecule has 0 spiro atoms. The predicted molar refractivity (Wildman–Crippen MR) is 129 cm³/mol. The predicted octanol–water partition coefficient (Wildman–Crippen LogP) is 4.53. The second-order valence-corrected chi connectivity index (χ2v) is 8.34. The fourth-order valence-corrected chi connectivity index (χ4v) is 5.57. The average molecular weight is 435 g/mol. The van der Waals surface area contributed by atoms with Crippen molar-refractivity contribution in [1.82, 2.24) is 0 Å². The maximum absolute atomic E-state index is 2.49. The summed E-state index contributed by atoms with van der Waals surface area (Å²) in [5, 5.41) is 2.71. The van der Waals surface area contributed by atoms with Gasteiger partial charge in [0, 0.05) is 5.41 Å². The minimum atomic E-state index is -0.322. The maximum Gasteiger partial charge on any atom is 1.00 e. The molecule has 0 radical (unpaired) electrons. The van der Waals surface area contributed by atoms with Crippen LogP contribution in [0, 0.1) is 6.42 Å². The van der Waals surface area contributed by atoms with Crippen LogP contribution in [0.25, 0.3) is 10.8 Å². The van der Waals surface area contributed by atoms with Crippen LogP contribution in [0.3, 0.4) is 0 Å². The molecule has 5 aromatic carbocycles. The third-order valence-corrected chi connectivity index (χ3v) is 6.80. The van der Waals surface area contributed by atoms with E-state index < -0.39 is 0 Å². The Morgan fingerprint density at radius 3 is 1.47 bits per heavy atom. The zero-order valence-corrected chi connectivity index (χ0v) is 21.4. The molecule has 1 aliphatic rings. The Hall–Kier alpha value is -2.13. The average Bonchev–Trinajstić information content (AvgIpc) is 3.23. The molecule has 0 heterocycles. The standard InChI is InChI=1S/C31H23.K/c1-4-15-25(16-5-1)31(26-17-6-2-7-18-26,27-19-8-3-9-20-27)29-22-24-14-10-12-23-13-11-21-28(29)30(23)24;/h1-22,29H;/q-1;+1. The molecule has 0 nitrogen and oxygen atoms in total. The van der Waals surface area contributed by atoms with Crippen LogP contribution >= 0.6 is 0 Å². The third-order valence-electron chi connectivity index (χ3n) is 6.80. The van der Waals surface area contributed by atoms with E-state index in [1.54, 1.807) is 0 Å². The molecule has 0 N–H and O–H groups in total. The minimum Gasteiger partial charge on any atom is -0.184 e. The summed E-state index contributed by atoms with van der Waals surface area (Å²) in [7, 11) is 0. The van der Waals surface area contributed by atoms with Crippen molar-refractivity contribution in [3.63, 3.8) is 0 Å². The largest absolute Gasteiger partial charge is 1.00 e. The smallest absolute Gasteiger partial charge is 0.184 e. The summed E-state index contributed by atoms with van der Waals surface area (Å²) < 4.78 is 0. The Morgan fingerprint density at radius 1 is 0.500 bits per heavy atom. The molecule has 6 rings (SSSR count). The first kappa shape index (κ1) is 21.7. The SMILES string of the molecule is [K+].c1ccc(C(c2ccccc2)(c2ccccc2)C2[CH-]c3cccc4cccc2c34)cc1. The van der Waals surface area contributed by atoms with Gasteiger partial charge in [-0.15, -0.1) is 11.5 Å². The zero-order chi connectivity index (χ0) is 20.7. The summed E-state index contributed by atoms with van der Waals surface area (Å²) in [5.41, 5.74) is 6.38. The first-order valence-corrected chi connectivity index (χ1v) is 10.9. The Bertz CT molecular complexity index is 1240. The van der Waals surface area contributed by atoms with Gasteiger partial charge in [0.15, 0.2) is 0 Å². The van der Waals surface area contributed by atoms with Crippen molar-refractivity contribution in [2.45, 2.75) is 11.3 Å². The van der Waals surface area contributed by atoms with Gasteiger partial charge >= 0.3 is 51.4 Å². The summed E-state index contributed by atoms with van der Waals surface area (Å²) >= 11 is 0. The van der Waals surface area contributed by atoms with Crippen LogP contribution in [0.1, 0.15) is 33.7 Å². The van der Waals surface area contributed by atoms with Gasteiger partial charge < -0.3 is 0 Å². The van der Waals surface area contributed by atoms with Crippen LogP contribution in [0.15, 0.2) is 127 Å². The minimum absolute atomic E-state index is 0.